The fraction of sp³-hybridized carbons (Fsp3) is 0.667. The van der Waals surface area contributed by atoms with Crippen molar-refractivity contribution in [3.05, 3.63) is 21.3 Å². The summed E-state index contributed by atoms with van der Waals surface area (Å²) in [4.78, 5) is 1.35. The largest absolute Gasteiger partial charge is 0.312 e. The lowest BCUT2D eigenvalue weighted by atomic mass is 10.0. The van der Waals surface area contributed by atoms with Crippen molar-refractivity contribution in [2.45, 2.75) is 39.2 Å². The number of rotatable bonds is 6. The highest BCUT2D eigenvalue weighted by Crippen LogP contribution is 2.29. The van der Waals surface area contributed by atoms with Gasteiger partial charge in [-0.05, 0) is 31.5 Å². The molecule has 1 rings (SSSR count). The Hall–Kier alpha value is -0.0500. The van der Waals surface area contributed by atoms with Gasteiger partial charge in [0, 0.05) is 10.9 Å². The van der Waals surface area contributed by atoms with Crippen LogP contribution in [0.1, 0.15) is 44.0 Å². The number of hydrogen-bond donors (Lipinski definition) is 1. The van der Waals surface area contributed by atoms with Gasteiger partial charge in [-0.1, -0.05) is 38.3 Å². The molecule has 0 saturated heterocycles. The van der Waals surface area contributed by atoms with Gasteiger partial charge in [-0.15, -0.1) is 11.3 Å². The Balaban J connectivity index is 2.42. The van der Waals surface area contributed by atoms with Crippen LogP contribution in [0.15, 0.2) is 12.1 Å². The first-order chi connectivity index (χ1) is 7.13. The van der Waals surface area contributed by atoms with Gasteiger partial charge in [-0.25, -0.2) is 0 Å². The molecule has 1 nitrogen and oxygen atoms in total. The minimum atomic E-state index is 0.473. The van der Waals surface area contributed by atoms with Gasteiger partial charge in [0.15, 0.2) is 0 Å². The number of halogens is 1. The maximum absolute atomic E-state index is 5.94. The van der Waals surface area contributed by atoms with Crippen LogP contribution in [0.4, 0.5) is 0 Å². The third-order valence-electron chi connectivity index (χ3n) is 2.56. The van der Waals surface area contributed by atoms with Gasteiger partial charge in [-0.2, -0.15) is 0 Å². The van der Waals surface area contributed by atoms with E-state index < -0.39 is 0 Å². The lowest BCUT2D eigenvalue weighted by molar-refractivity contribution is 0.474. The molecular formula is C12H20ClNS. The predicted molar refractivity (Wildman–Crippen MR) is 69.8 cm³/mol. The van der Waals surface area contributed by atoms with Gasteiger partial charge in [-0.3, -0.25) is 0 Å². The average molecular weight is 246 g/mol. The molecule has 1 heterocycles. The molecule has 0 bridgehead atoms. The van der Waals surface area contributed by atoms with Gasteiger partial charge in [0.25, 0.3) is 0 Å². The van der Waals surface area contributed by atoms with Gasteiger partial charge in [0.1, 0.15) is 0 Å². The smallest absolute Gasteiger partial charge is 0.0931 e. The minimum absolute atomic E-state index is 0.473. The zero-order chi connectivity index (χ0) is 11.3. The zero-order valence-electron chi connectivity index (χ0n) is 9.72. The van der Waals surface area contributed by atoms with E-state index in [1.54, 1.807) is 11.3 Å². The average Bonchev–Trinajstić information content (AvgIpc) is 2.59. The van der Waals surface area contributed by atoms with Crippen LogP contribution >= 0.6 is 22.9 Å². The quantitative estimate of drug-likeness (QED) is 0.779. The summed E-state index contributed by atoms with van der Waals surface area (Å²) in [7, 11) is 2.02. The first-order valence-corrected chi connectivity index (χ1v) is 6.75. The Bertz CT molecular complexity index is 283. The fourth-order valence-corrected chi connectivity index (χ4v) is 2.88. The summed E-state index contributed by atoms with van der Waals surface area (Å²) >= 11 is 7.62. The van der Waals surface area contributed by atoms with E-state index >= 15 is 0 Å². The molecule has 1 atom stereocenters. The molecule has 0 aromatic carbocycles. The molecule has 0 spiro atoms. The molecule has 0 aliphatic rings. The molecular weight excluding hydrogens is 226 g/mol. The first-order valence-electron chi connectivity index (χ1n) is 5.56. The second kappa shape index (κ2) is 6.51. The predicted octanol–water partition coefficient (Wildman–Crippen LogP) is 4.49. The van der Waals surface area contributed by atoms with Gasteiger partial charge < -0.3 is 5.32 Å². The molecule has 1 N–H and O–H groups in total. The van der Waals surface area contributed by atoms with Crippen molar-refractivity contribution in [2.24, 2.45) is 5.92 Å². The van der Waals surface area contributed by atoms with Crippen molar-refractivity contribution < 1.29 is 0 Å². The van der Waals surface area contributed by atoms with Crippen LogP contribution in [0.3, 0.4) is 0 Å². The summed E-state index contributed by atoms with van der Waals surface area (Å²) in [6.45, 7) is 4.55. The Morgan fingerprint density at radius 1 is 1.33 bits per heavy atom. The fourth-order valence-electron chi connectivity index (χ4n) is 1.67. The van der Waals surface area contributed by atoms with Crippen molar-refractivity contribution in [1.29, 1.82) is 0 Å². The van der Waals surface area contributed by atoms with Gasteiger partial charge in [0.2, 0.25) is 0 Å². The van der Waals surface area contributed by atoms with Crippen molar-refractivity contribution in [1.82, 2.24) is 5.32 Å². The lowest BCUT2D eigenvalue weighted by Crippen LogP contribution is -2.15. The summed E-state index contributed by atoms with van der Waals surface area (Å²) < 4.78 is 0.883. The van der Waals surface area contributed by atoms with Crippen LogP contribution in [-0.2, 0) is 0 Å². The summed E-state index contributed by atoms with van der Waals surface area (Å²) in [5.74, 6) is 0.800. The molecule has 0 aliphatic carbocycles. The van der Waals surface area contributed by atoms with E-state index in [9.17, 15) is 0 Å². The normalized spacial score (nSPS) is 13.4. The summed E-state index contributed by atoms with van der Waals surface area (Å²) in [6, 6.07) is 4.58. The third-order valence-corrected chi connectivity index (χ3v) is 3.90. The SMILES string of the molecule is CNC(CCCC(C)C)c1ccc(Cl)s1. The lowest BCUT2D eigenvalue weighted by Gasteiger charge is -2.14. The summed E-state index contributed by atoms with van der Waals surface area (Å²) in [5, 5.41) is 3.36. The second-order valence-corrected chi connectivity index (χ2v) is 6.05. The zero-order valence-corrected chi connectivity index (χ0v) is 11.3. The molecule has 0 amide bonds. The highest BCUT2D eigenvalue weighted by atomic mass is 35.5. The highest BCUT2D eigenvalue weighted by molar-refractivity contribution is 7.16. The third kappa shape index (κ3) is 4.54. The minimum Gasteiger partial charge on any atom is -0.312 e. The molecule has 0 saturated carbocycles. The van der Waals surface area contributed by atoms with Gasteiger partial charge >= 0.3 is 0 Å². The Kier molecular flexibility index (Phi) is 5.65. The molecule has 15 heavy (non-hydrogen) atoms. The van der Waals surface area contributed by atoms with Crippen molar-refractivity contribution in [3.63, 3.8) is 0 Å². The molecule has 0 radical (unpaired) electrons. The Morgan fingerprint density at radius 3 is 2.53 bits per heavy atom. The van der Waals surface area contributed by atoms with Crippen LogP contribution in [0.5, 0.6) is 0 Å². The van der Waals surface area contributed by atoms with E-state index in [1.165, 1.54) is 24.1 Å². The molecule has 1 unspecified atom stereocenters. The maximum Gasteiger partial charge on any atom is 0.0931 e. The molecule has 0 aliphatic heterocycles. The maximum atomic E-state index is 5.94. The van der Waals surface area contributed by atoms with Crippen molar-refractivity contribution in [2.75, 3.05) is 7.05 Å². The van der Waals surface area contributed by atoms with Crippen LogP contribution in [0.25, 0.3) is 0 Å². The van der Waals surface area contributed by atoms with E-state index in [0.717, 1.165) is 10.3 Å². The van der Waals surface area contributed by atoms with E-state index in [2.05, 4.69) is 25.2 Å². The summed E-state index contributed by atoms with van der Waals surface area (Å²) in [5.41, 5.74) is 0. The standard InChI is InChI=1S/C12H20ClNS/c1-9(2)5-4-6-10(14-3)11-7-8-12(13)15-11/h7-10,14H,4-6H2,1-3H3. The molecule has 1 aromatic heterocycles. The Morgan fingerprint density at radius 2 is 2.07 bits per heavy atom. The first kappa shape index (κ1) is 13.0. The highest BCUT2D eigenvalue weighted by Gasteiger charge is 2.11. The van der Waals surface area contributed by atoms with Crippen LogP contribution < -0.4 is 5.32 Å². The molecule has 86 valence electrons. The summed E-state index contributed by atoms with van der Waals surface area (Å²) in [6.07, 6.45) is 3.78. The monoisotopic (exact) mass is 245 g/mol. The van der Waals surface area contributed by atoms with Crippen molar-refractivity contribution in [3.8, 4) is 0 Å². The van der Waals surface area contributed by atoms with Gasteiger partial charge in [0.05, 0.1) is 4.34 Å². The molecule has 3 heteroatoms. The van der Waals surface area contributed by atoms with E-state index in [4.69, 9.17) is 11.6 Å². The van der Waals surface area contributed by atoms with E-state index in [0.29, 0.717) is 6.04 Å². The number of nitrogens with one attached hydrogen (secondary N) is 1. The molecule has 1 aromatic rings. The van der Waals surface area contributed by atoms with E-state index in [-0.39, 0.29) is 0 Å². The van der Waals surface area contributed by atoms with Crippen LogP contribution in [-0.4, -0.2) is 7.05 Å². The number of hydrogen-bond acceptors (Lipinski definition) is 2. The van der Waals surface area contributed by atoms with E-state index in [1.807, 2.05) is 13.1 Å². The van der Waals surface area contributed by atoms with Crippen molar-refractivity contribution >= 4 is 22.9 Å². The Labute approximate surface area is 102 Å². The topological polar surface area (TPSA) is 12.0 Å². The molecule has 0 fully saturated rings. The van der Waals surface area contributed by atoms with Crippen LogP contribution in [0.2, 0.25) is 4.34 Å². The second-order valence-electron chi connectivity index (χ2n) is 4.31. The van der Waals surface area contributed by atoms with Crippen LogP contribution in [0, 0.1) is 5.92 Å². The number of thiophene rings is 1.